The number of hydrogen-bond donors (Lipinski definition) is 2. The predicted octanol–water partition coefficient (Wildman–Crippen LogP) is 2.54. The number of nitrogens with one attached hydrogen (secondary N) is 2. The molecule has 1 aliphatic heterocycles. The first-order valence-corrected chi connectivity index (χ1v) is 9.25. The van der Waals surface area contributed by atoms with Crippen LogP contribution in [0.1, 0.15) is 26.3 Å². The minimum atomic E-state index is -0.219. The van der Waals surface area contributed by atoms with Gasteiger partial charge in [0.1, 0.15) is 0 Å². The number of amides is 2. The van der Waals surface area contributed by atoms with E-state index in [0.717, 1.165) is 50.5 Å². The van der Waals surface area contributed by atoms with Crippen molar-refractivity contribution in [3.63, 3.8) is 0 Å². The van der Waals surface area contributed by atoms with Crippen LogP contribution in [0.25, 0.3) is 0 Å². The lowest BCUT2D eigenvalue weighted by molar-refractivity contribution is 0.189. The smallest absolute Gasteiger partial charge is 0.318 e. The van der Waals surface area contributed by atoms with Gasteiger partial charge in [0, 0.05) is 44.8 Å². The van der Waals surface area contributed by atoms with E-state index in [4.69, 9.17) is 11.6 Å². The van der Waals surface area contributed by atoms with Gasteiger partial charge in [0.05, 0.1) is 16.8 Å². The number of urea groups is 1. The summed E-state index contributed by atoms with van der Waals surface area (Å²) in [6.45, 7) is 11.1. The van der Waals surface area contributed by atoms with Crippen LogP contribution in [0.15, 0.2) is 18.2 Å². The summed E-state index contributed by atoms with van der Waals surface area (Å²) in [4.78, 5) is 16.2. The minimum absolute atomic E-state index is 0.0572. The summed E-state index contributed by atoms with van der Waals surface area (Å²) in [5, 5.41) is 6.86. The van der Waals surface area contributed by atoms with Gasteiger partial charge in [0.25, 0.3) is 0 Å². The van der Waals surface area contributed by atoms with Gasteiger partial charge in [0.15, 0.2) is 0 Å². The first-order chi connectivity index (χ1) is 12.0. The molecule has 0 bridgehead atoms. The molecule has 5 nitrogen and oxygen atoms in total. The number of halogens is 1. The van der Waals surface area contributed by atoms with Crippen molar-refractivity contribution < 1.29 is 4.79 Å². The molecular weight excluding hydrogens is 336 g/mol. The Balaban J connectivity index is 1.97. The Kier molecular flexibility index (Phi) is 7.42. The standard InChI is InChI=1S/C19H27ClN4O/c1-4-23(5-2)18-9-8-16(14-17(18)20)7-6-15(3)22-19(25)24-12-10-21-11-13-24/h8-9,14-15,21H,4-5,10-13H2,1-3H3,(H,22,25). The van der Waals surface area contributed by atoms with Gasteiger partial charge in [-0.05, 0) is 39.0 Å². The largest absolute Gasteiger partial charge is 0.371 e. The fourth-order valence-corrected chi connectivity index (χ4v) is 3.08. The average Bonchev–Trinajstić information content (AvgIpc) is 2.63. The highest BCUT2D eigenvalue weighted by Gasteiger charge is 2.16. The van der Waals surface area contributed by atoms with Gasteiger partial charge in [0.2, 0.25) is 0 Å². The summed E-state index contributed by atoms with van der Waals surface area (Å²) < 4.78 is 0. The van der Waals surface area contributed by atoms with Gasteiger partial charge in [-0.2, -0.15) is 0 Å². The lowest BCUT2D eigenvalue weighted by Gasteiger charge is -2.28. The molecule has 2 N–H and O–H groups in total. The highest BCUT2D eigenvalue weighted by atomic mass is 35.5. The molecule has 1 aliphatic rings. The molecule has 1 saturated heterocycles. The van der Waals surface area contributed by atoms with E-state index >= 15 is 0 Å². The first kappa shape index (κ1) is 19.4. The summed E-state index contributed by atoms with van der Waals surface area (Å²) in [6, 6.07) is 5.58. The van der Waals surface area contributed by atoms with Crippen LogP contribution in [0.4, 0.5) is 10.5 Å². The highest BCUT2D eigenvalue weighted by Crippen LogP contribution is 2.26. The zero-order chi connectivity index (χ0) is 18.2. The molecule has 1 aromatic rings. The molecule has 136 valence electrons. The van der Waals surface area contributed by atoms with Crippen molar-refractivity contribution in [1.29, 1.82) is 0 Å². The molecule has 6 heteroatoms. The van der Waals surface area contributed by atoms with E-state index in [2.05, 4.69) is 41.2 Å². The van der Waals surface area contributed by atoms with Crippen LogP contribution in [0.5, 0.6) is 0 Å². The number of rotatable bonds is 4. The quantitative estimate of drug-likeness (QED) is 0.809. The maximum atomic E-state index is 12.2. The number of benzene rings is 1. The molecule has 2 rings (SSSR count). The summed E-state index contributed by atoms with van der Waals surface area (Å²) in [5.41, 5.74) is 1.88. The molecule has 2 amide bonds. The Labute approximate surface area is 155 Å². The molecule has 1 atom stereocenters. The second kappa shape index (κ2) is 9.55. The lowest BCUT2D eigenvalue weighted by atomic mass is 10.2. The number of carbonyl (C=O) groups excluding carboxylic acids is 1. The minimum Gasteiger partial charge on any atom is -0.371 e. The summed E-state index contributed by atoms with van der Waals surface area (Å²) in [6.07, 6.45) is 0. The Morgan fingerprint density at radius 1 is 1.36 bits per heavy atom. The van der Waals surface area contributed by atoms with Crippen molar-refractivity contribution in [2.75, 3.05) is 44.2 Å². The number of nitrogens with zero attached hydrogens (tertiary/aromatic N) is 2. The Morgan fingerprint density at radius 3 is 2.64 bits per heavy atom. The van der Waals surface area contributed by atoms with Crippen molar-refractivity contribution >= 4 is 23.3 Å². The maximum absolute atomic E-state index is 12.2. The van der Waals surface area contributed by atoms with E-state index < -0.39 is 0 Å². The van der Waals surface area contributed by atoms with E-state index in [0.29, 0.717) is 5.02 Å². The van der Waals surface area contributed by atoms with Crippen LogP contribution >= 0.6 is 11.6 Å². The highest BCUT2D eigenvalue weighted by molar-refractivity contribution is 6.33. The second-order valence-corrected chi connectivity index (χ2v) is 6.42. The SMILES string of the molecule is CCN(CC)c1ccc(C#CC(C)NC(=O)N2CCNCC2)cc1Cl. The van der Waals surface area contributed by atoms with Gasteiger partial charge in [-0.1, -0.05) is 23.4 Å². The predicted molar refractivity (Wildman–Crippen MR) is 104 cm³/mol. The van der Waals surface area contributed by atoms with Gasteiger partial charge in [-0.3, -0.25) is 0 Å². The Hall–Kier alpha value is -1.90. The second-order valence-electron chi connectivity index (χ2n) is 6.02. The molecule has 1 aromatic carbocycles. The van der Waals surface area contributed by atoms with Crippen molar-refractivity contribution in [2.24, 2.45) is 0 Å². The monoisotopic (exact) mass is 362 g/mol. The fourth-order valence-electron chi connectivity index (χ4n) is 2.78. The number of piperazine rings is 1. The number of anilines is 1. The molecule has 0 radical (unpaired) electrons. The molecule has 0 aliphatic carbocycles. The van der Waals surface area contributed by atoms with E-state index in [1.54, 1.807) is 0 Å². The van der Waals surface area contributed by atoms with E-state index in [-0.39, 0.29) is 12.1 Å². The van der Waals surface area contributed by atoms with E-state index in [9.17, 15) is 4.79 Å². The van der Waals surface area contributed by atoms with Crippen LogP contribution < -0.4 is 15.5 Å². The van der Waals surface area contributed by atoms with Crippen LogP contribution in [-0.4, -0.2) is 56.2 Å². The zero-order valence-electron chi connectivity index (χ0n) is 15.2. The molecule has 1 unspecified atom stereocenters. The third kappa shape index (κ3) is 5.55. The summed E-state index contributed by atoms with van der Waals surface area (Å²) >= 11 is 6.39. The van der Waals surface area contributed by atoms with Crippen LogP contribution in [0.3, 0.4) is 0 Å². The Morgan fingerprint density at radius 2 is 2.04 bits per heavy atom. The Bertz CT molecular complexity index is 643. The van der Waals surface area contributed by atoms with Gasteiger partial charge >= 0.3 is 6.03 Å². The molecule has 1 fully saturated rings. The van der Waals surface area contributed by atoms with Crippen molar-refractivity contribution in [2.45, 2.75) is 26.8 Å². The van der Waals surface area contributed by atoms with Crippen LogP contribution in [-0.2, 0) is 0 Å². The van der Waals surface area contributed by atoms with Gasteiger partial charge < -0.3 is 20.4 Å². The third-order valence-electron chi connectivity index (χ3n) is 4.23. The lowest BCUT2D eigenvalue weighted by Crippen LogP contribution is -2.51. The molecule has 0 spiro atoms. The van der Waals surface area contributed by atoms with Crippen LogP contribution in [0.2, 0.25) is 5.02 Å². The first-order valence-electron chi connectivity index (χ1n) is 8.87. The van der Waals surface area contributed by atoms with E-state index in [1.165, 1.54) is 0 Å². The summed E-state index contributed by atoms with van der Waals surface area (Å²) in [7, 11) is 0. The molecule has 0 aromatic heterocycles. The normalized spacial score (nSPS) is 15.1. The van der Waals surface area contributed by atoms with E-state index in [1.807, 2.05) is 30.0 Å². The topological polar surface area (TPSA) is 47.6 Å². The third-order valence-corrected chi connectivity index (χ3v) is 4.53. The van der Waals surface area contributed by atoms with Gasteiger partial charge in [-0.15, -0.1) is 0 Å². The van der Waals surface area contributed by atoms with Crippen molar-refractivity contribution in [1.82, 2.24) is 15.5 Å². The number of carbonyl (C=O) groups is 1. The van der Waals surface area contributed by atoms with Crippen LogP contribution in [0, 0.1) is 11.8 Å². The molecular formula is C19H27ClN4O. The number of hydrogen-bond acceptors (Lipinski definition) is 3. The fraction of sp³-hybridized carbons (Fsp3) is 0.526. The zero-order valence-corrected chi connectivity index (χ0v) is 16.0. The summed E-state index contributed by atoms with van der Waals surface area (Å²) in [5.74, 6) is 6.17. The maximum Gasteiger partial charge on any atom is 0.318 e. The van der Waals surface area contributed by atoms with Gasteiger partial charge in [-0.25, -0.2) is 4.79 Å². The van der Waals surface area contributed by atoms with Crippen molar-refractivity contribution in [3.05, 3.63) is 28.8 Å². The molecule has 1 heterocycles. The molecule has 25 heavy (non-hydrogen) atoms. The van der Waals surface area contributed by atoms with Crippen molar-refractivity contribution in [3.8, 4) is 11.8 Å². The average molecular weight is 363 g/mol. The molecule has 0 saturated carbocycles.